The number of hydrogen-bond acceptors (Lipinski definition) is 7. The summed E-state index contributed by atoms with van der Waals surface area (Å²) in [6.45, 7) is 4.08. The van der Waals surface area contributed by atoms with Gasteiger partial charge >= 0.3 is 12.1 Å². The van der Waals surface area contributed by atoms with E-state index in [0.29, 0.717) is 32.1 Å². The van der Waals surface area contributed by atoms with E-state index in [9.17, 15) is 21.6 Å². The highest BCUT2D eigenvalue weighted by Gasteiger charge is 2.38. The largest absolute Gasteiger partial charge is 0.490 e. The minimum atomic E-state index is -5.08. The molecule has 0 saturated carbocycles. The van der Waals surface area contributed by atoms with E-state index >= 15 is 0 Å². The highest BCUT2D eigenvalue weighted by molar-refractivity contribution is 7.91. The van der Waals surface area contributed by atoms with Gasteiger partial charge in [-0.15, -0.1) is 0 Å². The van der Waals surface area contributed by atoms with Gasteiger partial charge in [-0.05, 0) is 12.1 Å². The molecule has 0 radical (unpaired) electrons. The van der Waals surface area contributed by atoms with Crippen LogP contribution in [-0.4, -0.2) is 76.5 Å². The summed E-state index contributed by atoms with van der Waals surface area (Å²) in [7, 11) is -2.96. The van der Waals surface area contributed by atoms with Gasteiger partial charge in [-0.1, -0.05) is 13.0 Å². The number of pyridine rings is 1. The lowest BCUT2D eigenvalue weighted by Crippen LogP contribution is -2.42. The van der Waals surface area contributed by atoms with Crippen molar-refractivity contribution in [1.82, 2.24) is 19.7 Å². The third kappa shape index (κ3) is 7.83. The lowest BCUT2D eigenvalue weighted by atomic mass is 10.2. The van der Waals surface area contributed by atoms with Gasteiger partial charge in [-0.2, -0.15) is 18.3 Å². The molecule has 0 aliphatic carbocycles. The quantitative estimate of drug-likeness (QED) is 0.660. The van der Waals surface area contributed by atoms with Gasteiger partial charge in [0.15, 0.2) is 9.84 Å². The van der Waals surface area contributed by atoms with E-state index in [1.165, 1.54) is 0 Å². The van der Waals surface area contributed by atoms with E-state index in [2.05, 4.69) is 15.0 Å². The minimum absolute atomic E-state index is 0.0371. The Kier molecular flexibility index (Phi) is 8.39. The fourth-order valence-corrected chi connectivity index (χ4v) is 3.61. The van der Waals surface area contributed by atoms with Crippen LogP contribution in [-0.2, 0) is 21.2 Å². The highest BCUT2D eigenvalue weighted by Crippen LogP contribution is 2.21. The maximum atomic E-state index is 11.8. The Balaban J connectivity index is 0.000000423. The molecular formula is C18H23F3N4O5S. The molecule has 1 aliphatic rings. The van der Waals surface area contributed by atoms with E-state index in [4.69, 9.17) is 14.6 Å². The molecule has 2 aromatic rings. The maximum Gasteiger partial charge on any atom is 0.490 e. The molecule has 0 aromatic carbocycles. The molecule has 0 amide bonds. The standard InChI is InChI=1S/C16H22N4O3S.C2HF3O2/c1-2-24(21,22)10-9-19-11-14-6-8-18-20(14)15(12-19)13-23-16-5-3-4-7-17-16;3-2(4,5)1(6)7/h3-8,15H,2,9-13H2,1H3;(H,6,7). The van der Waals surface area contributed by atoms with Crippen LogP contribution in [0.4, 0.5) is 13.2 Å². The number of ether oxygens (including phenoxy) is 1. The molecule has 1 unspecified atom stereocenters. The molecule has 0 spiro atoms. The van der Waals surface area contributed by atoms with Crippen LogP contribution in [0.1, 0.15) is 18.7 Å². The van der Waals surface area contributed by atoms with Crippen molar-refractivity contribution in [3.63, 3.8) is 0 Å². The highest BCUT2D eigenvalue weighted by atomic mass is 32.2. The molecule has 9 nitrogen and oxygen atoms in total. The van der Waals surface area contributed by atoms with Crippen molar-refractivity contribution in [3.05, 3.63) is 42.4 Å². The Morgan fingerprint density at radius 2 is 2.00 bits per heavy atom. The van der Waals surface area contributed by atoms with Crippen LogP contribution in [0, 0.1) is 0 Å². The lowest BCUT2D eigenvalue weighted by Gasteiger charge is -2.33. The number of hydrogen-bond donors (Lipinski definition) is 1. The number of carbonyl (C=O) groups is 1. The molecule has 13 heteroatoms. The number of alkyl halides is 3. The van der Waals surface area contributed by atoms with Crippen LogP contribution in [0.3, 0.4) is 0 Å². The van der Waals surface area contributed by atoms with E-state index in [0.717, 1.165) is 5.69 Å². The van der Waals surface area contributed by atoms with Gasteiger partial charge in [-0.3, -0.25) is 9.58 Å². The van der Waals surface area contributed by atoms with Gasteiger partial charge in [0.2, 0.25) is 5.88 Å². The van der Waals surface area contributed by atoms with Crippen LogP contribution in [0.15, 0.2) is 36.7 Å². The Hall–Kier alpha value is -2.67. The fraction of sp³-hybridized carbons (Fsp3) is 0.500. The molecule has 0 saturated heterocycles. The van der Waals surface area contributed by atoms with E-state index in [-0.39, 0.29) is 17.5 Å². The summed E-state index contributed by atoms with van der Waals surface area (Å²) in [5.41, 5.74) is 1.07. The monoisotopic (exact) mass is 464 g/mol. The number of carboxylic acids is 1. The molecule has 2 aromatic heterocycles. The average molecular weight is 464 g/mol. The normalized spacial score (nSPS) is 16.7. The summed E-state index contributed by atoms with van der Waals surface area (Å²) in [6, 6.07) is 7.54. The predicted octanol–water partition coefficient (Wildman–Crippen LogP) is 1.78. The number of rotatable bonds is 7. The van der Waals surface area contributed by atoms with Gasteiger partial charge in [-0.25, -0.2) is 18.2 Å². The van der Waals surface area contributed by atoms with Crippen molar-refractivity contribution in [2.24, 2.45) is 0 Å². The second kappa shape index (κ2) is 10.6. The summed E-state index contributed by atoms with van der Waals surface area (Å²) in [5, 5.41) is 11.5. The van der Waals surface area contributed by atoms with Crippen molar-refractivity contribution in [1.29, 1.82) is 0 Å². The third-order valence-corrected chi connectivity index (χ3v) is 6.10. The summed E-state index contributed by atoms with van der Waals surface area (Å²) >= 11 is 0. The first kappa shape index (κ1) is 24.6. The first-order chi connectivity index (χ1) is 14.5. The predicted molar refractivity (Wildman–Crippen MR) is 104 cm³/mol. The van der Waals surface area contributed by atoms with Crippen molar-refractivity contribution in [2.45, 2.75) is 25.7 Å². The Morgan fingerprint density at radius 1 is 1.29 bits per heavy atom. The Labute approximate surface area is 177 Å². The second-order valence-electron chi connectivity index (χ2n) is 6.67. The number of halogens is 3. The van der Waals surface area contributed by atoms with Crippen molar-refractivity contribution in [2.75, 3.05) is 31.2 Å². The number of sulfone groups is 1. The average Bonchev–Trinajstić information content (AvgIpc) is 3.20. The van der Waals surface area contributed by atoms with E-state index < -0.39 is 22.0 Å². The Bertz CT molecular complexity index is 951. The molecule has 0 bridgehead atoms. The first-order valence-corrected chi connectivity index (χ1v) is 11.1. The van der Waals surface area contributed by atoms with Crippen LogP contribution in [0.5, 0.6) is 5.88 Å². The van der Waals surface area contributed by atoms with Crippen LogP contribution in [0.25, 0.3) is 0 Å². The van der Waals surface area contributed by atoms with Gasteiger partial charge in [0.1, 0.15) is 6.61 Å². The lowest BCUT2D eigenvalue weighted by molar-refractivity contribution is -0.192. The minimum Gasteiger partial charge on any atom is -0.475 e. The number of nitrogens with zero attached hydrogens (tertiary/aromatic N) is 4. The molecule has 0 fully saturated rings. The fourth-order valence-electron chi connectivity index (χ4n) is 2.78. The zero-order valence-electron chi connectivity index (χ0n) is 16.7. The molecule has 3 rings (SSSR count). The first-order valence-electron chi connectivity index (χ1n) is 9.31. The number of aromatic nitrogens is 3. The van der Waals surface area contributed by atoms with Crippen molar-refractivity contribution < 1.29 is 36.2 Å². The third-order valence-electron chi connectivity index (χ3n) is 4.41. The van der Waals surface area contributed by atoms with Crippen molar-refractivity contribution in [3.8, 4) is 5.88 Å². The molecule has 1 N–H and O–H groups in total. The van der Waals surface area contributed by atoms with Gasteiger partial charge in [0.05, 0.1) is 17.5 Å². The number of aliphatic carboxylic acids is 1. The van der Waals surface area contributed by atoms with Crippen LogP contribution in [0.2, 0.25) is 0 Å². The van der Waals surface area contributed by atoms with Crippen LogP contribution < -0.4 is 4.74 Å². The molecule has 1 atom stereocenters. The van der Waals surface area contributed by atoms with Crippen molar-refractivity contribution >= 4 is 15.8 Å². The zero-order valence-corrected chi connectivity index (χ0v) is 17.5. The molecule has 172 valence electrons. The maximum absolute atomic E-state index is 11.8. The van der Waals surface area contributed by atoms with E-state index in [1.54, 1.807) is 19.3 Å². The number of carboxylic acid groups (broad SMARTS) is 1. The smallest absolute Gasteiger partial charge is 0.475 e. The second-order valence-corrected chi connectivity index (χ2v) is 9.15. The summed E-state index contributed by atoms with van der Waals surface area (Å²) in [6.07, 6.45) is -1.62. The topological polar surface area (TPSA) is 115 Å². The number of fused-ring (bicyclic) bond motifs is 1. The molecular weight excluding hydrogens is 441 g/mol. The van der Waals surface area contributed by atoms with Gasteiger partial charge < -0.3 is 9.84 Å². The Morgan fingerprint density at radius 3 is 2.58 bits per heavy atom. The van der Waals surface area contributed by atoms with Crippen LogP contribution >= 0.6 is 0 Å². The molecule has 31 heavy (non-hydrogen) atoms. The molecule has 3 heterocycles. The molecule has 1 aliphatic heterocycles. The zero-order chi connectivity index (χ0) is 23.1. The SMILES string of the molecule is CCS(=O)(=O)CCN1Cc2ccnn2C(COc2ccccn2)C1.O=C(O)C(F)(F)F. The van der Waals surface area contributed by atoms with E-state index in [1.807, 2.05) is 28.9 Å². The van der Waals surface area contributed by atoms with Gasteiger partial charge in [0.25, 0.3) is 0 Å². The summed E-state index contributed by atoms with van der Waals surface area (Å²) in [5.74, 6) is -1.81. The summed E-state index contributed by atoms with van der Waals surface area (Å²) < 4.78 is 63.0. The van der Waals surface area contributed by atoms with Gasteiger partial charge in [0, 0.05) is 43.8 Å². The summed E-state index contributed by atoms with van der Waals surface area (Å²) in [4.78, 5) is 15.2.